The number of benzene rings is 2. The molecular weight excluding hydrogens is 308 g/mol. The van der Waals surface area contributed by atoms with Crippen molar-refractivity contribution < 1.29 is 4.79 Å². The van der Waals surface area contributed by atoms with E-state index in [1.807, 2.05) is 19.1 Å². The number of piperazine rings is 1. The van der Waals surface area contributed by atoms with Crippen LogP contribution in [0.3, 0.4) is 0 Å². The van der Waals surface area contributed by atoms with Crippen molar-refractivity contribution in [1.29, 1.82) is 0 Å². The Bertz CT molecular complexity index is 673. The van der Waals surface area contributed by atoms with Gasteiger partial charge in [-0.1, -0.05) is 61.5 Å². The zero-order valence-corrected chi connectivity index (χ0v) is 15.3. The molecule has 25 heavy (non-hydrogen) atoms. The highest BCUT2D eigenvalue weighted by Crippen LogP contribution is 2.15. The number of ketones is 1. The van der Waals surface area contributed by atoms with E-state index in [0.717, 1.165) is 44.7 Å². The third kappa shape index (κ3) is 4.56. The number of rotatable bonds is 6. The molecule has 1 atom stereocenters. The third-order valence-corrected chi connectivity index (χ3v) is 5.23. The summed E-state index contributed by atoms with van der Waals surface area (Å²) in [5.74, 6) is 0.235. The highest BCUT2D eigenvalue weighted by Gasteiger charge is 2.26. The van der Waals surface area contributed by atoms with E-state index < -0.39 is 0 Å². The van der Waals surface area contributed by atoms with E-state index in [9.17, 15) is 4.79 Å². The first-order valence-corrected chi connectivity index (χ1v) is 9.31. The lowest BCUT2D eigenvalue weighted by molar-refractivity contribution is 0.0687. The fourth-order valence-electron chi connectivity index (χ4n) is 3.46. The smallest absolute Gasteiger partial charge is 0.179 e. The molecule has 1 saturated heterocycles. The second-order valence-corrected chi connectivity index (χ2v) is 6.89. The van der Waals surface area contributed by atoms with Gasteiger partial charge in [-0.3, -0.25) is 14.6 Å². The lowest BCUT2D eigenvalue weighted by Gasteiger charge is -2.37. The summed E-state index contributed by atoms with van der Waals surface area (Å²) in [5.41, 5.74) is 3.46. The first-order valence-electron chi connectivity index (χ1n) is 9.31. The van der Waals surface area contributed by atoms with Crippen LogP contribution in [0.25, 0.3) is 0 Å². The predicted molar refractivity (Wildman–Crippen MR) is 103 cm³/mol. The first-order chi connectivity index (χ1) is 12.2. The van der Waals surface area contributed by atoms with Gasteiger partial charge in [-0.25, -0.2) is 0 Å². The average Bonchev–Trinajstić information content (AvgIpc) is 2.68. The van der Waals surface area contributed by atoms with Crippen LogP contribution < -0.4 is 0 Å². The topological polar surface area (TPSA) is 23.6 Å². The molecule has 0 N–H and O–H groups in total. The highest BCUT2D eigenvalue weighted by molar-refractivity contribution is 5.99. The normalized spacial score (nSPS) is 17.4. The highest BCUT2D eigenvalue weighted by atomic mass is 16.1. The molecule has 0 amide bonds. The van der Waals surface area contributed by atoms with Crippen molar-refractivity contribution in [3.05, 3.63) is 71.3 Å². The van der Waals surface area contributed by atoms with Crippen LogP contribution in [0.2, 0.25) is 0 Å². The Kier molecular flexibility index (Phi) is 6.00. The summed E-state index contributed by atoms with van der Waals surface area (Å²) in [5, 5.41) is 0. The molecule has 0 saturated carbocycles. The van der Waals surface area contributed by atoms with Gasteiger partial charge in [0, 0.05) is 38.3 Å². The molecule has 2 aromatic carbocycles. The van der Waals surface area contributed by atoms with Gasteiger partial charge in [0.2, 0.25) is 0 Å². The molecular formula is C22H28N2O. The molecule has 1 heterocycles. The maximum absolute atomic E-state index is 12.8. The molecule has 3 rings (SSSR count). The number of hydrogen-bond acceptors (Lipinski definition) is 3. The van der Waals surface area contributed by atoms with E-state index in [-0.39, 0.29) is 11.8 Å². The number of nitrogens with zero attached hydrogens (tertiary/aromatic N) is 2. The molecule has 3 nitrogen and oxygen atoms in total. The van der Waals surface area contributed by atoms with Crippen molar-refractivity contribution in [2.24, 2.45) is 0 Å². The number of hydrogen-bond donors (Lipinski definition) is 0. The minimum Gasteiger partial charge on any atom is -0.297 e. The predicted octanol–water partition coefficient (Wildman–Crippen LogP) is 3.64. The summed E-state index contributed by atoms with van der Waals surface area (Å²) in [4.78, 5) is 17.5. The summed E-state index contributed by atoms with van der Waals surface area (Å²) in [6.07, 6.45) is 1.01. The van der Waals surface area contributed by atoms with Crippen molar-refractivity contribution in [1.82, 2.24) is 9.80 Å². The lowest BCUT2D eigenvalue weighted by atomic mass is 10.0. The number of carbonyl (C=O) groups is 1. The monoisotopic (exact) mass is 336 g/mol. The molecule has 1 aliphatic heterocycles. The summed E-state index contributed by atoms with van der Waals surface area (Å²) >= 11 is 0. The molecule has 0 aliphatic carbocycles. The van der Waals surface area contributed by atoms with E-state index in [1.54, 1.807) is 0 Å². The van der Waals surface area contributed by atoms with E-state index in [0.29, 0.717) is 0 Å². The van der Waals surface area contributed by atoms with Gasteiger partial charge in [-0.2, -0.15) is 0 Å². The van der Waals surface area contributed by atoms with Gasteiger partial charge < -0.3 is 0 Å². The van der Waals surface area contributed by atoms with Gasteiger partial charge in [0.15, 0.2) is 5.78 Å². The van der Waals surface area contributed by atoms with Crippen LogP contribution in [0.4, 0.5) is 0 Å². The zero-order chi connectivity index (χ0) is 17.6. The summed E-state index contributed by atoms with van der Waals surface area (Å²) in [6.45, 7) is 9.11. The Morgan fingerprint density at radius 3 is 2.16 bits per heavy atom. The van der Waals surface area contributed by atoms with Crippen LogP contribution in [0.15, 0.2) is 54.6 Å². The minimum atomic E-state index is -0.0497. The van der Waals surface area contributed by atoms with Crippen molar-refractivity contribution in [3.8, 4) is 0 Å². The fourth-order valence-corrected chi connectivity index (χ4v) is 3.46. The van der Waals surface area contributed by atoms with Gasteiger partial charge in [-0.05, 0) is 24.5 Å². The summed E-state index contributed by atoms with van der Waals surface area (Å²) in [7, 11) is 0. The summed E-state index contributed by atoms with van der Waals surface area (Å²) in [6, 6.07) is 18.6. The van der Waals surface area contributed by atoms with Crippen LogP contribution in [0.5, 0.6) is 0 Å². The van der Waals surface area contributed by atoms with Crippen LogP contribution in [-0.2, 0) is 13.0 Å². The molecule has 0 bridgehead atoms. The molecule has 0 radical (unpaired) electrons. The average molecular weight is 336 g/mol. The van der Waals surface area contributed by atoms with E-state index in [1.165, 1.54) is 11.1 Å². The first kappa shape index (κ1) is 17.8. The number of Topliss-reactive ketones (excluding diaryl/α,β-unsaturated/α-hetero) is 1. The summed E-state index contributed by atoms with van der Waals surface area (Å²) < 4.78 is 0. The standard InChI is InChI=1S/C22H28N2O/c1-3-19-9-11-21(12-10-19)22(25)18(2)24-15-13-23(14-16-24)17-20-7-5-4-6-8-20/h4-12,18H,3,13-17H2,1-2H3. The molecule has 2 aromatic rings. The Balaban J connectivity index is 1.53. The second kappa shape index (κ2) is 8.41. The maximum Gasteiger partial charge on any atom is 0.179 e. The molecule has 1 fully saturated rings. The largest absolute Gasteiger partial charge is 0.297 e. The Morgan fingerprint density at radius 1 is 0.920 bits per heavy atom. The van der Waals surface area contributed by atoms with E-state index in [2.05, 4.69) is 59.2 Å². The van der Waals surface area contributed by atoms with Crippen LogP contribution >= 0.6 is 0 Å². The van der Waals surface area contributed by atoms with Gasteiger partial charge in [-0.15, -0.1) is 0 Å². The molecule has 1 aliphatic rings. The Labute approximate surface area is 151 Å². The van der Waals surface area contributed by atoms with Gasteiger partial charge in [0.25, 0.3) is 0 Å². The van der Waals surface area contributed by atoms with Gasteiger partial charge >= 0.3 is 0 Å². The third-order valence-electron chi connectivity index (χ3n) is 5.23. The van der Waals surface area contributed by atoms with Crippen molar-refractivity contribution in [3.63, 3.8) is 0 Å². The lowest BCUT2D eigenvalue weighted by Crippen LogP contribution is -2.51. The number of aryl methyl sites for hydroxylation is 1. The molecule has 0 aromatic heterocycles. The Hall–Kier alpha value is -1.97. The second-order valence-electron chi connectivity index (χ2n) is 6.89. The fraction of sp³-hybridized carbons (Fsp3) is 0.409. The molecule has 0 spiro atoms. The van der Waals surface area contributed by atoms with Crippen LogP contribution in [0, 0.1) is 0 Å². The Morgan fingerprint density at radius 2 is 1.56 bits per heavy atom. The van der Waals surface area contributed by atoms with Gasteiger partial charge in [0.1, 0.15) is 0 Å². The van der Waals surface area contributed by atoms with Gasteiger partial charge in [0.05, 0.1) is 6.04 Å². The molecule has 132 valence electrons. The molecule has 3 heteroatoms. The van der Waals surface area contributed by atoms with Crippen LogP contribution in [0.1, 0.15) is 35.3 Å². The SMILES string of the molecule is CCc1ccc(C(=O)C(C)N2CCN(Cc3ccccc3)CC2)cc1. The minimum absolute atomic E-state index is 0.0497. The van der Waals surface area contributed by atoms with E-state index >= 15 is 0 Å². The molecule has 1 unspecified atom stereocenters. The quantitative estimate of drug-likeness (QED) is 0.753. The van der Waals surface area contributed by atoms with Crippen LogP contribution in [-0.4, -0.2) is 47.8 Å². The van der Waals surface area contributed by atoms with Crippen molar-refractivity contribution >= 4 is 5.78 Å². The van der Waals surface area contributed by atoms with Crippen molar-refractivity contribution in [2.75, 3.05) is 26.2 Å². The zero-order valence-electron chi connectivity index (χ0n) is 15.3. The maximum atomic E-state index is 12.8. The number of carbonyl (C=O) groups excluding carboxylic acids is 1. The van der Waals surface area contributed by atoms with Crippen molar-refractivity contribution in [2.45, 2.75) is 32.9 Å². The van der Waals surface area contributed by atoms with E-state index in [4.69, 9.17) is 0 Å².